The van der Waals surface area contributed by atoms with Crippen molar-refractivity contribution in [2.24, 2.45) is 0 Å². The first-order valence-electron chi connectivity index (χ1n) is 8.11. The van der Waals surface area contributed by atoms with Crippen molar-refractivity contribution in [2.45, 2.75) is 6.92 Å². The average Bonchev–Trinajstić information content (AvgIpc) is 2.65. The monoisotopic (exact) mass is 330 g/mol. The van der Waals surface area contributed by atoms with Gasteiger partial charge in [-0.2, -0.15) is 0 Å². The second-order valence-corrected chi connectivity index (χ2v) is 5.80. The van der Waals surface area contributed by atoms with E-state index in [1.54, 1.807) is 6.92 Å². The van der Waals surface area contributed by atoms with Crippen molar-refractivity contribution < 1.29 is 14.4 Å². The number of benzene rings is 3. The lowest BCUT2D eigenvalue weighted by Gasteiger charge is -2.18. The largest absolute Gasteiger partial charge is 0.423 e. The molecule has 0 saturated carbocycles. The molecule has 0 unspecified atom stereocenters. The Morgan fingerprint density at radius 2 is 1.20 bits per heavy atom. The molecule has 0 spiro atoms. The van der Waals surface area contributed by atoms with Crippen LogP contribution in [0.3, 0.4) is 0 Å². The van der Waals surface area contributed by atoms with Gasteiger partial charge in [0.25, 0.3) is 0 Å². The molecule has 0 radical (unpaired) electrons. The number of carbonyl (C=O) groups excluding carboxylic acids is 1. The van der Waals surface area contributed by atoms with Crippen molar-refractivity contribution >= 4 is 23.0 Å². The van der Waals surface area contributed by atoms with Crippen LogP contribution in [0.25, 0.3) is 0 Å². The Bertz CT molecular complexity index is 816. The van der Waals surface area contributed by atoms with Crippen LogP contribution in [0.4, 0.5) is 17.1 Å². The van der Waals surface area contributed by atoms with Crippen LogP contribution in [0.15, 0.2) is 97.1 Å². The summed E-state index contributed by atoms with van der Waals surface area (Å²) in [5.74, 6) is 0.0975. The first kappa shape index (κ1) is 16.7. The predicted octanol–water partition coefficient (Wildman–Crippen LogP) is 4.35. The average molecular weight is 330 g/mol. The van der Waals surface area contributed by atoms with Crippen LogP contribution in [-0.2, 0) is 4.79 Å². The van der Waals surface area contributed by atoms with Gasteiger partial charge in [-0.15, -0.1) is 0 Å². The minimum Gasteiger partial charge on any atom is -0.423 e. The highest BCUT2D eigenvalue weighted by molar-refractivity contribution is 5.88. The summed E-state index contributed by atoms with van der Waals surface area (Å²) in [7, 11) is 0. The van der Waals surface area contributed by atoms with E-state index in [1.807, 2.05) is 60.7 Å². The van der Waals surface area contributed by atoms with E-state index in [9.17, 15) is 4.79 Å². The first-order valence-corrected chi connectivity index (χ1v) is 8.11. The van der Waals surface area contributed by atoms with E-state index in [1.165, 1.54) is 0 Å². The number of hydrogen-bond donors (Lipinski definition) is 1. The maximum atomic E-state index is 11.6. The zero-order chi connectivity index (χ0) is 17.6. The van der Waals surface area contributed by atoms with Gasteiger partial charge in [-0.1, -0.05) is 43.0 Å². The molecule has 0 saturated heterocycles. The molecule has 0 aliphatic carbocycles. The van der Waals surface area contributed by atoms with Gasteiger partial charge in [-0.05, 0) is 43.3 Å². The number of quaternary nitrogens is 1. The fourth-order valence-electron chi connectivity index (χ4n) is 2.59. The van der Waals surface area contributed by atoms with Gasteiger partial charge in [0.05, 0.1) is 0 Å². The summed E-state index contributed by atoms with van der Waals surface area (Å²) >= 11 is 0. The van der Waals surface area contributed by atoms with E-state index in [0.29, 0.717) is 11.3 Å². The van der Waals surface area contributed by atoms with E-state index in [2.05, 4.69) is 30.8 Å². The van der Waals surface area contributed by atoms with Gasteiger partial charge in [0.1, 0.15) is 22.8 Å². The van der Waals surface area contributed by atoms with Gasteiger partial charge in [0.2, 0.25) is 0 Å². The Morgan fingerprint density at radius 3 is 1.64 bits per heavy atom. The molecular weight excluding hydrogens is 310 g/mol. The Labute approximate surface area is 147 Å². The molecule has 25 heavy (non-hydrogen) atoms. The van der Waals surface area contributed by atoms with E-state index in [0.717, 1.165) is 22.0 Å². The molecule has 3 aromatic rings. The zero-order valence-corrected chi connectivity index (χ0v) is 14.1. The fourth-order valence-corrected chi connectivity index (χ4v) is 2.59. The summed E-state index contributed by atoms with van der Waals surface area (Å²) in [5.41, 5.74) is 3.72. The predicted molar refractivity (Wildman–Crippen MR) is 99.7 cm³/mol. The molecular formula is C22H20NO2+. The summed E-state index contributed by atoms with van der Waals surface area (Å²) in [6.07, 6.45) is 0. The lowest BCUT2D eigenvalue weighted by atomic mass is 10.2. The van der Waals surface area contributed by atoms with Crippen molar-refractivity contribution in [1.29, 1.82) is 0 Å². The van der Waals surface area contributed by atoms with Gasteiger partial charge in [0.15, 0.2) is 0 Å². The molecule has 0 amide bonds. The van der Waals surface area contributed by atoms with E-state index in [-0.39, 0.29) is 0 Å². The van der Waals surface area contributed by atoms with Gasteiger partial charge in [-0.25, -0.2) is 9.69 Å². The van der Waals surface area contributed by atoms with Crippen molar-refractivity contribution in [2.75, 3.05) is 0 Å². The molecule has 0 heterocycles. The molecule has 0 aromatic heterocycles. The number of nitrogens with one attached hydrogen (secondary N) is 1. The van der Waals surface area contributed by atoms with Crippen LogP contribution in [0.2, 0.25) is 0 Å². The van der Waals surface area contributed by atoms with Gasteiger partial charge in [-0.3, -0.25) is 0 Å². The van der Waals surface area contributed by atoms with E-state index < -0.39 is 5.97 Å². The second-order valence-electron chi connectivity index (χ2n) is 5.80. The lowest BCUT2D eigenvalue weighted by molar-refractivity contribution is -0.681. The van der Waals surface area contributed by atoms with Crippen molar-refractivity contribution in [3.8, 4) is 5.75 Å². The minimum absolute atomic E-state index is 0.380. The number of hydrogen-bond acceptors (Lipinski definition) is 2. The Morgan fingerprint density at radius 1 is 0.760 bits per heavy atom. The molecule has 3 nitrogen and oxygen atoms in total. The van der Waals surface area contributed by atoms with Crippen LogP contribution in [-0.4, -0.2) is 5.97 Å². The van der Waals surface area contributed by atoms with Crippen LogP contribution >= 0.6 is 0 Å². The van der Waals surface area contributed by atoms with Crippen LogP contribution in [0, 0.1) is 0 Å². The number of para-hydroxylation sites is 2. The summed E-state index contributed by atoms with van der Waals surface area (Å²) in [4.78, 5) is 12.8. The highest BCUT2D eigenvalue weighted by Crippen LogP contribution is 2.19. The van der Waals surface area contributed by atoms with Crippen molar-refractivity contribution in [3.63, 3.8) is 0 Å². The first-order chi connectivity index (χ1) is 12.1. The molecule has 0 fully saturated rings. The smallest absolute Gasteiger partial charge is 0.338 e. The molecule has 3 aromatic carbocycles. The highest BCUT2D eigenvalue weighted by atomic mass is 16.5. The number of ether oxygens (including phenoxy) is 1. The maximum absolute atomic E-state index is 11.6. The number of carbonyl (C=O) groups is 1. The normalized spacial score (nSPS) is 10.5. The molecule has 0 aliphatic heterocycles. The third-order valence-corrected chi connectivity index (χ3v) is 3.83. The summed E-state index contributed by atoms with van der Waals surface area (Å²) in [6.45, 7) is 5.23. The van der Waals surface area contributed by atoms with Gasteiger partial charge >= 0.3 is 5.97 Å². The van der Waals surface area contributed by atoms with Crippen LogP contribution < -0.4 is 9.64 Å². The van der Waals surface area contributed by atoms with Gasteiger partial charge in [0, 0.05) is 17.7 Å². The zero-order valence-electron chi connectivity index (χ0n) is 14.1. The topological polar surface area (TPSA) is 30.7 Å². The summed E-state index contributed by atoms with van der Waals surface area (Å²) in [5, 5.41) is 0. The summed E-state index contributed by atoms with van der Waals surface area (Å²) in [6, 6.07) is 28.1. The SMILES string of the molecule is C=C(C)C(=O)Oc1ccc([NH+](c2ccccc2)c2ccccc2)cc1. The third kappa shape index (κ3) is 4.03. The fraction of sp³-hybridized carbons (Fsp3) is 0.0455. The maximum Gasteiger partial charge on any atom is 0.338 e. The lowest BCUT2D eigenvalue weighted by Crippen LogP contribution is -2.96. The van der Waals surface area contributed by atoms with E-state index >= 15 is 0 Å². The Kier molecular flexibility index (Phi) is 5.07. The number of rotatable bonds is 5. The molecule has 3 heteroatoms. The van der Waals surface area contributed by atoms with Crippen LogP contribution in [0.5, 0.6) is 5.75 Å². The number of esters is 1. The Hall–Kier alpha value is -3.17. The van der Waals surface area contributed by atoms with Gasteiger partial charge < -0.3 is 4.74 Å². The van der Waals surface area contributed by atoms with Crippen molar-refractivity contribution in [3.05, 3.63) is 97.1 Å². The highest BCUT2D eigenvalue weighted by Gasteiger charge is 2.18. The van der Waals surface area contributed by atoms with Crippen molar-refractivity contribution in [1.82, 2.24) is 0 Å². The summed E-state index contributed by atoms with van der Waals surface area (Å²) < 4.78 is 5.27. The third-order valence-electron chi connectivity index (χ3n) is 3.83. The standard InChI is InChI=1S/C22H19NO2/c1-17(2)22(24)25-21-15-13-20(14-16-21)23(18-9-5-3-6-10-18)19-11-7-4-8-12-19/h3-16H,1H2,2H3/p+1. The Balaban J connectivity index is 1.94. The quantitative estimate of drug-likeness (QED) is 0.428. The molecule has 0 bridgehead atoms. The van der Waals surface area contributed by atoms with Crippen LogP contribution in [0.1, 0.15) is 6.92 Å². The minimum atomic E-state index is -0.414. The van der Waals surface area contributed by atoms with E-state index in [4.69, 9.17) is 4.74 Å². The molecule has 0 atom stereocenters. The molecule has 0 aliphatic rings. The molecule has 1 N–H and O–H groups in total. The molecule has 3 rings (SSSR count). The molecule has 124 valence electrons. The second kappa shape index (κ2) is 7.60.